The van der Waals surface area contributed by atoms with Gasteiger partial charge in [-0.2, -0.15) is 8.42 Å². The van der Waals surface area contributed by atoms with Crippen LogP contribution in [-0.4, -0.2) is 17.2 Å². The van der Waals surface area contributed by atoms with E-state index in [-0.39, 0.29) is 0 Å². The van der Waals surface area contributed by atoms with Crippen LogP contribution in [0.2, 0.25) is 0 Å². The molecule has 0 aliphatic rings. The summed E-state index contributed by atoms with van der Waals surface area (Å²) in [6.45, 7) is 0. The summed E-state index contributed by atoms with van der Waals surface area (Å²) >= 11 is 0. The van der Waals surface area contributed by atoms with Crippen LogP contribution < -0.4 is 0 Å². The maximum atomic E-state index is 10.9. The van der Waals surface area contributed by atoms with Gasteiger partial charge in [-0.15, -0.1) is 0 Å². The van der Waals surface area contributed by atoms with Crippen molar-refractivity contribution in [1.82, 2.24) is 0 Å². The molecule has 0 bridgehead atoms. The van der Waals surface area contributed by atoms with E-state index in [1.54, 1.807) is 0 Å². The molecule has 0 aromatic rings. The Morgan fingerprint density at radius 3 is 1.71 bits per heavy atom. The zero-order valence-corrected chi connectivity index (χ0v) is 4.46. The van der Waals surface area contributed by atoms with Gasteiger partial charge in [-0.3, -0.25) is 4.21 Å². The molecule has 4 nitrogen and oxygen atoms in total. The molecular formula is FO4S2-. The third-order valence-electron chi connectivity index (χ3n) is 0.163. The number of rotatable bonds is 1. The predicted octanol–water partition coefficient (Wildman–Crippen LogP) is -0.920. The minimum absolute atomic E-state index is 3.63. The first-order valence-corrected chi connectivity index (χ1v) is 3.96. The molecule has 0 aliphatic heterocycles. The lowest BCUT2D eigenvalue weighted by molar-refractivity contribution is 0.526. The molecule has 1 atom stereocenters. The van der Waals surface area contributed by atoms with Crippen molar-refractivity contribution in [2.24, 2.45) is 0 Å². The first kappa shape index (κ1) is 6.99. The summed E-state index contributed by atoms with van der Waals surface area (Å²) in [5.74, 6) is 0. The van der Waals surface area contributed by atoms with E-state index in [2.05, 4.69) is 0 Å². The van der Waals surface area contributed by atoms with Gasteiger partial charge in [0.05, 0.1) is 10.1 Å². The summed E-state index contributed by atoms with van der Waals surface area (Å²) in [6.07, 6.45) is 0. The van der Waals surface area contributed by atoms with Gasteiger partial charge in [-0.05, 0) is 0 Å². The molecule has 0 heterocycles. The Hall–Kier alpha value is -0.0100. The molecule has 7 heteroatoms. The molecule has 0 aromatic carbocycles. The summed E-state index contributed by atoms with van der Waals surface area (Å²) in [7, 11) is -8.95. The van der Waals surface area contributed by atoms with Gasteiger partial charge in [0.15, 0.2) is 0 Å². The van der Waals surface area contributed by atoms with Crippen LogP contribution in [0.5, 0.6) is 0 Å². The van der Waals surface area contributed by atoms with E-state index in [9.17, 15) is 3.89 Å². The lowest BCUT2D eigenvalue weighted by Crippen LogP contribution is -1.97. The zero-order chi connectivity index (χ0) is 6.08. The van der Waals surface area contributed by atoms with Crippen LogP contribution in [-0.2, 0) is 19.4 Å². The molecule has 0 aromatic heterocycles. The van der Waals surface area contributed by atoms with Crippen LogP contribution >= 0.6 is 0 Å². The highest BCUT2D eigenvalue weighted by Gasteiger charge is 2.03. The van der Waals surface area contributed by atoms with Crippen LogP contribution in [0.25, 0.3) is 0 Å². The second-order valence-electron chi connectivity index (χ2n) is 0.597. The Morgan fingerprint density at radius 2 is 1.71 bits per heavy atom. The molecule has 0 spiro atoms. The van der Waals surface area contributed by atoms with Gasteiger partial charge in [0.2, 0.25) is 0 Å². The van der Waals surface area contributed by atoms with Crippen molar-refractivity contribution < 1.29 is 21.1 Å². The van der Waals surface area contributed by atoms with Crippen LogP contribution in [0.4, 0.5) is 3.89 Å². The quantitative estimate of drug-likeness (QED) is 0.273. The molecule has 0 radical (unpaired) electrons. The second-order valence-corrected chi connectivity index (χ2v) is 3.80. The Morgan fingerprint density at radius 1 is 1.57 bits per heavy atom. The fourth-order valence-corrected chi connectivity index (χ4v) is 0. The molecular weight excluding hydrogens is 147 g/mol. The van der Waals surface area contributed by atoms with E-state index < -0.39 is 19.4 Å². The van der Waals surface area contributed by atoms with Crippen LogP contribution in [0.3, 0.4) is 0 Å². The molecule has 7 heavy (non-hydrogen) atoms. The van der Waals surface area contributed by atoms with Crippen LogP contribution in [0.15, 0.2) is 0 Å². The molecule has 0 saturated heterocycles. The van der Waals surface area contributed by atoms with Crippen molar-refractivity contribution in [2.45, 2.75) is 0 Å². The van der Waals surface area contributed by atoms with Crippen molar-refractivity contribution in [3.05, 3.63) is 0 Å². The van der Waals surface area contributed by atoms with Gasteiger partial charge in [-0.25, -0.2) is 0 Å². The summed E-state index contributed by atoms with van der Waals surface area (Å²) in [5.41, 5.74) is 0. The van der Waals surface area contributed by atoms with Crippen LogP contribution in [0.1, 0.15) is 0 Å². The highest BCUT2D eigenvalue weighted by Crippen LogP contribution is 1.92. The lowest BCUT2D eigenvalue weighted by Gasteiger charge is -1.92. The van der Waals surface area contributed by atoms with Crippen LogP contribution in [0, 0.1) is 0 Å². The highest BCUT2D eigenvalue weighted by molar-refractivity contribution is 8.59. The first-order chi connectivity index (χ1) is 2.94. The third-order valence-corrected chi connectivity index (χ3v) is 1.46. The van der Waals surface area contributed by atoms with Gasteiger partial charge < -0.3 is 4.55 Å². The van der Waals surface area contributed by atoms with Gasteiger partial charge >= 0.3 is 9.26 Å². The summed E-state index contributed by atoms with van der Waals surface area (Å²) < 4.78 is 47.1. The fraction of sp³-hybridized carbons (Fsp3) is 0. The average molecular weight is 147 g/mol. The summed E-state index contributed by atoms with van der Waals surface area (Å²) in [5, 5.41) is 0. The molecule has 0 rings (SSSR count). The fourth-order valence-electron chi connectivity index (χ4n) is 0. The largest absolute Gasteiger partial charge is 0.758 e. The lowest BCUT2D eigenvalue weighted by atomic mass is 15.9. The Bertz CT molecular complexity index is 164. The molecule has 0 saturated carbocycles. The standard InChI is InChI=1S/FHO4S2/c1-7(4,5)6(2)3/h(H,2,3)/p-1. The average Bonchev–Trinajstić information content (AvgIpc) is 1.31. The van der Waals surface area contributed by atoms with Crippen molar-refractivity contribution in [2.75, 3.05) is 0 Å². The van der Waals surface area contributed by atoms with E-state index in [1.165, 1.54) is 0 Å². The minimum Gasteiger partial charge on any atom is -0.758 e. The first-order valence-electron chi connectivity index (χ1n) is 0.988. The monoisotopic (exact) mass is 147 g/mol. The normalized spacial score (nSPS) is 16.3. The van der Waals surface area contributed by atoms with E-state index in [0.717, 1.165) is 0 Å². The zero-order valence-electron chi connectivity index (χ0n) is 2.83. The molecule has 0 amide bonds. The van der Waals surface area contributed by atoms with E-state index in [4.69, 9.17) is 17.2 Å². The predicted molar refractivity (Wildman–Crippen MR) is 18.9 cm³/mol. The van der Waals surface area contributed by atoms with Gasteiger partial charge in [0.25, 0.3) is 0 Å². The van der Waals surface area contributed by atoms with Gasteiger partial charge in [0.1, 0.15) is 0 Å². The Balaban J connectivity index is 4.43. The molecule has 0 aliphatic carbocycles. The van der Waals surface area contributed by atoms with E-state index >= 15 is 0 Å². The highest BCUT2D eigenvalue weighted by atomic mass is 33.2. The minimum atomic E-state index is -5.32. The molecule has 0 N–H and O–H groups in total. The summed E-state index contributed by atoms with van der Waals surface area (Å²) in [6, 6.07) is 0. The SMILES string of the molecule is O=S([O-])S(=O)(=O)F. The van der Waals surface area contributed by atoms with E-state index in [0.29, 0.717) is 0 Å². The topological polar surface area (TPSA) is 74.3 Å². The summed E-state index contributed by atoms with van der Waals surface area (Å²) in [4.78, 5) is 0. The smallest absolute Gasteiger partial charge is 0.373 e. The van der Waals surface area contributed by atoms with Crippen molar-refractivity contribution in [1.29, 1.82) is 0 Å². The Kier molecular flexibility index (Phi) is 1.84. The van der Waals surface area contributed by atoms with Crippen molar-refractivity contribution in [3.8, 4) is 0 Å². The van der Waals surface area contributed by atoms with Gasteiger partial charge in [-0.1, -0.05) is 3.89 Å². The van der Waals surface area contributed by atoms with E-state index in [1.807, 2.05) is 0 Å². The van der Waals surface area contributed by atoms with Gasteiger partial charge in [0, 0.05) is 0 Å². The third kappa shape index (κ3) is 2.66. The number of hydrogen-bond acceptors (Lipinski definition) is 4. The van der Waals surface area contributed by atoms with Crippen molar-refractivity contribution in [3.63, 3.8) is 0 Å². The number of halogens is 1. The second kappa shape index (κ2) is 1.85. The molecule has 1 unspecified atom stereocenters. The molecule has 44 valence electrons. The Labute approximate surface area is 41.2 Å². The maximum Gasteiger partial charge on any atom is 0.373 e. The molecule has 0 fully saturated rings. The van der Waals surface area contributed by atoms with Crippen molar-refractivity contribution >= 4 is 19.4 Å². The number of hydrogen-bond donors (Lipinski definition) is 0. The maximum absolute atomic E-state index is 10.9.